The first kappa shape index (κ1) is 14.6. The third-order valence-corrected chi connectivity index (χ3v) is 5.06. The average molecular weight is 288 g/mol. The smallest absolute Gasteiger partial charge is 0.338 e. The summed E-state index contributed by atoms with van der Waals surface area (Å²) in [6, 6.07) is 9.24. The normalized spacial score (nSPS) is 34.1. The van der Waals surface area contributed by atoms with Crippen molar-refractivity contribution < 1.29 is 14.3 Å². The molecule has 3 atom stereocenters. The fraction of sp³-hybridized carbons (Fsp3) is 0.611. The van der Waals surface area contributed by atoms with Crippen LogP contribution in [0.5, 0.6) is 0 Å². The van der Waals surface area contributed by atoms with Crippen molar-refractivity contribution in [2.45, 2.75) is 69.7 Å². The minimum Gasteiger partial charge on any atom is -0.456 e. The predicted octanol–water partition coefficient (Wildman–Crippen LogP) is 4.11. The minimum atomic E-state index is -0.230. The monoisotopic (exact) mass is 288 g/mol. The van der Waals surface area contributed by atoms with Crippen LogP contribution in [0, 0.1) is 0 Å². The van der Waals surface area contributed by atoms with E-state index < -0.39 is 0 Å². The SMILES string of the molecule is CCCC[C@@]12O[C@]1(C)CCC[C@@H]2OC(=O)c1ccccc1. The number of esters is 1. The zero-order valence-electron chi connectivity index (χ0n) is 12.9. The molecule has 1 heterocycles. The van der Waals surface area contributed by atoms with Crippen LogP contribution in [0.1, 0.15) is 62.7 Å². The van der Waals surface area contributed by atoms with E-state index in [0.29, 0.717) is 5.56 Å². The van der Waals surface area contributed by atoms with Gasteiger partial charge in [-0.1, -0.05) is 38.0 Å². The molecule has 1 aromatic rings. The van der Waals surface area contributed by atoms with Crippen LogP contribution in [0.25, 0.3) is 0 Å². The maximum atomic E-state index is 12.3. The Morgan fingerprint density at radius 3 is 2.86 bits per heavy atom. The Balaban J connectivity index is 1.73. The van der Waals surface area contributed by atoms with E-state index in [9.17, 15) is 4.79 Å². The lowest BCUT2D eigenvalue weighted by Crippen LogP contribution is -2.43. The number of benzene rings is 1. The molecule has 1 saturated carbocycles. The van der Waals surface area contributed by atoms with Crippen LogP contribution in [0.4, 0.5) is 0 Å². The molecule has 0 N–H and O–H groups in total. The molecule has 0 bridgehead atoms. The number of carbonyl (C=O) groups excluding carboxylic acids is 1. The van der Waals surface area contributed by atoms with Gasteiger partial charge in [0.1, 0.15) is 11.7 Å². The summed E-state index contributed by atoms with van der Waals surface area (Å²) < 4.78 is 12.0. The molecule has 1 aliphatic heterocycles. The summed E-state index contributed by atoms with van der Waals surface area (Å²) in [5.41, 5.74) is 0.310. The van der Waals surface area contributed by atoms with Crippen LogP contribution < -0.4 is 0 Å². The average Bonchev–Trinajstić information content (AvgIpc) is 3.13. The number of unbranched alkanes of at least 4 members (excludes halogenated alkanes) is 1. The van der Waals surface area contributed by atoms with E-state index in [1.807, 2.05) is 18.2 Å². The van der Waals surface area contributed by atoms with Crippen LogP contribution >= 0.6 is 0 Å². The van der Waals surface area contributed by atoms with Gasteiger partial charge in [0, 0.05) is 0 Å². The molecule has 3 heteroatoms. The summed E-state index contributed by atoms with van der Waals surface area (Å²) in [7, 11) is 0. The number of hydrogen-bond acceptors (Lipinski definition) is 3. The highest BCUT2D eigenvalue weighted by Gasteiger charge is 2.72. The van der Waals surface area contributed by atoms with Crippen LogP contribution in [0.3, 0.4) is 0 Å². The quantitative estimate of drug-likeness (QED) is 0.604. The van der Waals surface area contributed by atoms with Gasteiger partial charge in [0.05, 0.1) is 11.2 Å². The molecule has 1 aliphatic carbocycles. The fourth-order valence-electron chi connectivity index (χ4n) is 3.74. The second-order valence-electron chi connectivity index (χ2n) is 6.48. The first-order valence-electron chi connectivity index (χ1n) is 8.07. The van der Waals surface area contributed by atoms with Gasteiger partial charge in [-0.15, -0.1) is 0 Å². The molecule has 1 saturated heterocycles. The van der Waals surface area contributed by atoms with Gasteiger partial charge in [0.25, 0.3) is 0 Å². The van der Waals surface area contributed by atoms with Crippen molar-refractivity contribution in [3.8, 4) is 0 Å². The van der Waals surface area contributed by atoms with Crippen molar-refractivity contribution in [2.24, 2.45) is 0 Å². The highest BCUT2D eigenvalue weighted by atomic mass is 16.7. The topological polar surface area (TPSA) is 38.8 Å². The third kappa shape index (κ3) is 2.48. The highest BCUT2D eigenvalue weighted by Crippen LogP contribution is 2.60. The number of fused-ring (bicyclic) bond motifs is 1. The molecule has 21 heavy (non-hydrogen) atoms. The lowest BCUT2D eigenvalue weighted by molar-refractivity contribution is -0.00333. The number of epoxide rings is 1. The van der Waals surface area contributed by atoms with Crippen molar-refractivity contribution in [3.63, 3.8) is 0 Å². The van der Waals surface area contributed by atoms with Crippen molar-refractivity contribution in [1.82, 2.24) is 0 Å². The van der Waals surface area contributed by atoms with Gasteiger partial charge in [-0.2, -0.15) is 0 Å². The first-order chi connectivity index (χ1) is 10.1. The van der Waals surface area contributed by atoms with E-state index in [1.165, 1.54) is 0 Å². The zero-order chi connectivity index (χ0) is 14.9. The molecule has 0 aromatic heterocycles. The summed E-state index contributed by atoms with van der Waals surface area (Å²) in [5, 5.41) is 0. The molecule has 0 spiro atoms. The summed E-state index contributed by atoms with van der Waals surface area (Å²) in [6.07, 6.45) is 6.21. The molecular weight excluding hydrogens is 264 g/mol. The van der Waals surface area contributed by atoms with E-state index in [4.69, 9.17) is 9.47 Å². The summed E-state index contributed by atoms with van der Waals surface area (Å²) in [5.74, 6) is -0.226. The van der Waals surface area contributed by atoms with Crippen molar-refractivity contribution >= 4 is 5.97 Å². The maximum absolute atomic E-state index is 12.3. The number of rotatable bonds is 5. The van der Waals surface area contributed by atoms with Gasteiger partial charge in [-0.05, 0) is 44.7 Å². The molecule has 3 nitrogen and oxygen atoms in total. The van der Waals surface area contributed by atoms with Gasteiger partial charge >= 0.3 is 5.97 Å². The Bertz CT molecular complexity index is 512. The number of hydrogen-bond donors (Lipinski definition) is 0. The van der Waals surface area contributed by atoms with Crippen LogP contribution in [0.2, 0.25) is 0 Å². The molecule has 0 amide bonds. The van der Waals surface area contributed by atoms with Crippen LogP contribution in [0.15, 0.2) is 30.3 Å². The van der Waals surface area contributed by atoms with Crippen molar-refractivity contribution in [1.29, 1.82) is 0 Å². The summed E-state index contributed by atoms with van der Waals surface area (Å²) in [4.78, 5) is 12.3. The van der Waals surface area contributed by atoms with Crippen molar-refractivity contribution in [3.05, 3.63) is 35.9 Å². The van der Waals surface area contributed by atoms with Gasteiger partial charge in [0.2, 0.25) is 0 Å². The molecule has 1 aromatic carbocycles. The zero-order valence-corrected chi connectivity index (χ0v) is 12.9. The summed E-state index contributed by atoms with van der Waals surface area (Å²) >= 11 is 0. The lowest BCUT2D eigenvalue weighted by Gasteiger charge is -2.31. The van der Waals surface area contributed by atoms with E-state index in [2.05, 4.69) is 13.8 Å². The second-order valence-corrected chi connectivity index (χ2v) is 6.48. The van der Waals surface area contributed by atoms with Crippen LogP contribution in [-0.2, 0) is 9.47 Å². The standard InChI is InChI=1S/C18H24O3/c1-3-4-13-18-15(11-8-12-17(18,2)21-18)20-16(19)14-9-6-5-7-10-14/h5-7,9-10,15H,3-4,8,11-13H2,1-2H3/t15-,17+,18-/m0/s1. The largest absolute Gasteiger partial charge is 0.456 e. The highest BCUT2D eigenvalue weighted by molar-refractivity contribution is 5.89. The second kappa shape index (κ2) is 5.45. The fourth-order valence-corrected chi connectivity index (χ4v) is 3.74. The Labute approximate surface area is 126 Å². The Hall–Kier alpha value is -1.35. The van der Waals surface area contributed by atoms with E-state index in [1.54, 1.807) is 12.1 Å². The number of carbonyl (C=O) groups is 1. The van der Waals surface area contributed by atoms with Gasteiger partial charge < -0.3 is 9.47 Å². The Morgan fingerprint density at radius 1 is 1.38 bits per heavy atom. The molecular formula is C18H24O3. The molecule has 2 aliphatic rings. The third-order valence-electron chi connectivity index (χ3n) is 5.06. The minimum absolute atomic E-state index is 0.0813. The Kier molecular flexibility index (Phi) is 3.78. The number of ether oxygens (including phenoxy) is 2. The maximum Gasteiger partial charge on any atom is 0.338 e. The molecule has 2 fully saturated rings. The summed E-state index contributed by atoms with van der Waals surface area (Å²) in [6.45, 7) is 4.36. The predicted molar refractivity (Wildman–Crippen MR) is 81.2 cm³/mol. The first-order valence-corrected chi connectivity index (χ1v) is 8.07. The van der Waals surface area contributed by atoms with E-state index in [0.717, 1.165) is 38.5 Å². The van der Waals surface area contributed by atoms with Crippen molar-refractivity contribution in [2.75, 3.05) is 0 Å². The molecule has 3 rings (SSSR count). The Morgan fingerprint density at radius 2 is 2.14 bits per heavy atom. The molecule has 114 valence electrons. The van der Waals surface area contributed by atoms with Gasteiger partial charge in [-0.3, -0.25) is 0 Å². The van der Waals surface area contributed by atoms with E-state index in [-0.39, 0.29) is 23.3 Å². The van der Waals surface area contributed by atoms with Gasteiger partial charge in [-0.25, -0.2) is 4.79 Å². The molecule has 0 unspecified atom stereocenters. The van der Waals surface area contributed by atoms with E-state index >= 15 is 0 Å². The van der Waals surface area contributed by atoms with Crippen LogP contribution in [-0.4, -0.2) is 23.3 Å². The molecule has 0 radical (unpaired) electrons. The lowest BCUT2D eigenvalue weighted by atomic mass is 9.75. The van der Waals surface area contributed by atoms with Gasteiger partial charge in [0.15, 0.2) is 0 Å².